The lowest BCUT2D eigenvalue weighted by atomic mass is 9.46. The fourth-order valence-corrected chi connectivity index (χ4v) is 9.33. The number of Topliss-reactive ketones (excluding diaryl/α,β-unsaturated/α-hetero) is 1. The predicted molar refractivity (Wildman–Crippen MR) is 125 cm³/mol. The molecule has 186 valence electrons. The Bertz CT molecular complexity index is 949. The minimum atomic E-state index is -1.20. The van der Waals surface area contributed by atoms with Gasteiger partial charge in [-0.3, -0.25) is 9.59 Å². The van der Waals surface area contributed by atoms with Gasteiger partial charge in [-0.25, -0.2) is 0 Å². The molecule has 0 radical (unpaired) electrons. The summed E-state index contributed by atoms with van der Waals surface area (Å²) in [7, 11) is 0. The monoisotopic (exact) mass is 470 g/mol. The first-order chi connectivity index (χ1) is 16.2. The number of hydrogen-bond donors (Lipinski definition) is 2. The van der Waals surface area contributed by atoms with Crippen molar-refractivity contribution in [1.29, 1.82) is 0 Å². The van der Waals surface area contributed by atoms with E-state index in [1.165, 1.54) is 6.42 Å². The number of hydrogen-bond acceptors (Lipinski definition) is 6. The van der Waals surface area contributed by atoms with Crippen LogP contribution in [0.3, 0.4) is 0 Å². The van der Waals surface area contributed by atoms with E-state index in [0.29, 0.717) is 6.42 Å². The van der Waals surface area contributed by atoms with Gasteiger partial charge < -0.3 is 19.7 Å². The zero-order valence-electron chi connectivity index (χ0n) is 20.4. The quantitative estimate of drug-likeness (QED) is 0.656. The van der Waals surface area contributed by atoms with Gasteiger partial charge in [-0.05, 0) is 62.5 Å². The molecular formula is C28H38O6. The number of allylic oxidation sites excluding steroid dienone is 4. The Hall–Kier alpha value is -1.34. The smallest absolute Gasteiger partial charge is 0.193 e. The van der Waals surface area contributed by atoms with E-state index in [9.17, 15) is 19.8 Å². The average Bonchev–Trinajstić information content (AvgIpc) is 3.32. The average molecular weight is 471 g/mol. The number of fused-ring (bicyclic) bond motifs is 7. The Kier molecular flexibility index (Phi) is 5.31. The molecule has 34 heavy (non-hydrogen) atoms. The molecule has 2 N–H and O–H groups in total. The molecule has 4 saturated carbocycles. The lowest BCUT2D eigenvalue weighted by Crippen LogP contribution is -2.63. The molecule has 6 aliphatic rings. The molecule has 0 amide bonds. The van der Waals surface area contributed by atoms with Crippen molar-refractivity contribution in [2.24, 2.45) is 34.5 Å². The van der Waals surface area contributed by atoms with E-state index in [-0.39, 0.29) is 46.8 Å². The van der Waals surface area contributed by atoms with Crippen LogP contribution in [0.5, 0.6) is 0 Å². The molecule has 1 unspecified atom stereocenters. The maximum Gasteiger partial charge on any atom is 0.193 e. The van der Waals surface area contributed by atoms with Crippen molar-refractivity contribution >= 4 is 11.6 Å². The minimum Gasteiger partial charge on any atom is -0.393 e. The van der Waals surface area contributed by atoms with Gasteiger partial charge >= 0.3 is 0 Å². The highest BCUT2D eigenvalue weighted by atomic mass is 16.7. The van der Waals surface area contributed by atoms with Gasteiger partial charge in [-0.1, -0.05) is 44.8 Å². The second kappa shape index (κ2) is 7.83. The number of aliphatic hydroxyl groups is 2. The lowest BCUT2D eigenvalue weighted by molar-refractivity contribution is -0.209. The Morgan fingerprint density at radius 3 is 2.68 bits per heavy atom. The second-order valence-corrected chi connectivity index (χ2v) is 12.3. The zero-order valence-corrected chi connectivity index (χ0v) is 20.4. The van der Waals surface area contributed by atoms with Crippen molar-refractivity contribution < 1.29 is 29.3 Å². The van der Waals surface area contributed by atoms with Crippen molar-refractivity contribution in [2.75, 3.05) is 6.61 Å². The summed E-state index contributed by atoms with van der Waals surface area (Å²) in [6.07, 6.45) is 12.5. The lowest BCUT2D eigenvalue weighted by Gasteiger charge is -2.59. The van der Waals surface area contributed by atoms with Crippen LogP contribution in [0.15, 0.2) is 23.8 Å². The van der Waals surface area contributed by atoms with Crippen molar-refractivity contribution in [1.82, 2.24) is 0 Å². The maximum absolute atomic E-state index is 13.5. The summed E-state index contributed by atoms with van der Waals surface area (Å²) in [5.74, 6) is 0.360. The maximum atomic E-state index is 13.5. The Morgan fingerprint density at radius 2 is 1.94 bits per heavy atom. The summed E-state index contributed by atoms with van der Waals surface area (Å²) >= 11 is 0. The van der Waals surface area contributed by atoms with Gasteiger partial charge in [0.15, 0.2) is 23.5 Å². The molecular weight excluding hydrogens is 432 g/mol. The molecule has 1 saturated heterocycles. The number of ether oxygens (including phenoxy) is 2. The van der Waals surface area contributed by atoms with Crippen LogP contribution in [-0.4, -0.2) is 52.5 Å². The van der Waals surface area contributed by atoms with E-state index < -0.39 is 30.0 Å². The van der Waals surface area contributed by atoms with Crippen LogP contribution in [0, 0.1) is 34.5 Å². The third kappa shape index (κ3) is 2.89. The van der Waals surface area contributed by atoms with Crippen molar-refractivity contribution in [3.63, 3.8) is 0 Å². The highest BCUT2D eigenvalue weighted by Gasteiger charge is 2.76. The summed E-state index contributed by atoms with van der Waals surface area (Å²) in [6.45, 7) is 3.69. The molecule has 6 heteroatoms. The van der Waals surface area contributed by atoms with Crippen LogP contribution in [0.25, 0.3) is 0 Å². The third-order valence-electron chi connectivity index (χ3n) is 10.8. The first-order valence-corrected chi connectivity index (χ1v) is 13.3. The van der Waals surface area contributed by atoms with Gasteiger partial charge in [-0.2, -0.15) is 0 Å². The minimum absolute atomic E-state index is 0.0100. The number of carbonyl (C=O) groups is 2. The van der Waals surface area contributed by atoms with E-state index in [1.54, 1.807) is 12.2 Å². The van der Waals surface area contributed by atoms with E-state index in [0.717, 1.165) is 50.5 Å². The molecule has 9 atom stereocenters. The van der Waals surface area contributed by atoms with Crippen molar-refractivity contribution in [2.45, 2.75) is 95.7 Å². The van der Waals surface area contributed by atoms with Gasteiger partial charge in [-0.15, -0.1) is 0 Å². The van der Waals surface area contributed by atoms with Crippen LogP contribution < -0.4 is 0 Å². The number of ketones is 2. The first-order valence-electron chi connectivity index (χ1n) is 13.3. The molecule has 6 rings (SSSR count). The van der Waals surface area contributed by atoms with E-state index in [2.05, 4.69) is 13.8 Å². The number of rotatable bonds is 3. The second-order valence-electron chi connectivity index (χ2n) is 12.3. The van der Waals surface area contributed by atoms with E-state index in [1.807, 2.05) is 6.08 Å². The Balaban J connectivity index is 1.37. The summed E-state index contributed by atoms with van der Waals surface area (Å²) in [5.41, 5.74) is -1.04. The highest BCUT2D eigenvalue weighted by Crippen LogP contribution is 2.70. The van der Waals surface area contributed by atoms with Crippen LogP contribution in [0.2, 0.25) is 0 Å². The molecule has 0 spiro atoms. The molecule has 0 aromatic heterocycles. The van der Waals surface area contributed by atoms with Crippen LogP contribution in [0.1, 0.15) is 71.6 Å². The number of carbonyl (C=O) groups excluding carboxylic acids is 2. The normalized spacial score (nSPS) is 50.2. The van der Waals surface area contributed by atoms with E-state index >= 15 is 0 Å². The summed E-state index contributed by atoms with van der Waals surface area (Å²) in [4.78, 5) is 25.6. The largest absolute Gasteiger partial charge is 0.393 e. The zero-order chi connectivity index (χ0) is 23.9. The molecule has 6 nitrogen and oxygen atoms in total. The van der Waals surface area contributed by atoms with Gasteiger partial charge in [0.2, 0.25) is 0 Å². The molecule has 0 aromatic rings. The Morgan fingerprint density at radius 1 is 1.18 bits per heavy atom. The van der Waals surface area contributed by atoms with Crippen LogP contribution in [0.4, 0.5) is 0 Å². The topological polar surface area (TPSA) is 93.1 Å². The first kappa shape index (κ1) is 23.1. The molecule has 5 fully saturated rings. The molecule has 1 aliphatic heterocycles. The van der Waals surface area contributed by atoms with Gasteiger partial charge in [0, 0.05) is 22.7 Å². The van der Waals surface area contributed by atoms with Crippen LogP contribution in [-0.2, 0) is 19.1 Å². The standard InChI is InChI=1S/C28H38O6/c1-26-11-10-18(30)12-17(26)8-9-19-20-13-23-28(22(32)15-29,27(20,2)14-21(31)24(19)26)34-25(33-23)16-6-4-3-5-7-16/h10-12,16,19-21,23-25,29,31H,3-9,13-15H2,1-2H3/t19-,20?,21-,23+,24+,25-,26-,27-,28+/m0/s1. The van der Waals surface area contributed by atoms with Gasteiger partial charge in [0.25, 0.3) is 0 Å². The van der Waals surface area contributed by atoms with Gasteiger partial charge in [0.05, 0.1) is 12.2 Å². The third-order valence-corrected chi connectivity index (χ3v) is 10.8. The molecule has 0 aromatic carbocycles. The molecule has 0 bridgehead atoms. The molecule has 5 aliphatic carbocycles. The van der Waals surface area contributed by atoms with Gasteiger partial charge in [0.1, 0.15) is 6.61 Å². The Labute approximate surface area is 201 Å². The fourth-order valence-electron chi connectivity index (χ4n) is 9.33. The fraction of sp³-hybridized carbons (Fsp3) is 0.786. The highest BCUT2D eigenvalue weighted by molar-refractivity contribution is 6.01. The van der Waals surface area contributed by atoms with E-state index in [4.69, 9.17) is 9.47 Å². The molecule has 1 heterocycles. The summed E-state index contributed by atoms with van der Waals surface area (Å²) in [6, 6.07) is 0. The van der Waals surface area contributed by atoms with Crippen LogP contribution >= 0.6 is 0 Å². The predicted octanol–water partition coefficient (Wildman–Crippen LogP) is 3.50. The summed E-state index contributed by atoms with van der Waals surface area (Å²) < 4.78 is 13.3. The van der Waals surface area contributed by atoms with Crippen molar-refractivity contribution in [3.05, 3.63) is 23.8 Å². The SMILES string of the molecule is C[C@]12C=CC(=O)C=C1CC[C@H]1C3C[C@H]4O[C@H](C5CCCCC5)O[C@@]4(C(=O)CO)[C@@]3(C)C[C@H](O)[C@@H]12. The summed E-state index contributed by atoms with van der Waals surface area (Å²) in [5, 5.41) is 21.7. The number of aliphatic hydroxyl groups excluding tert-OH is 2. The van der Waals surface area contributed by atoms with Crippen molar-refractivity contribution in [3.8, 4) is 0 Å².